The van der Waals surface area contributed by atoms with E-state index in [-0.39, 0.29) is 11.8 Å². The van der Waals surface area contributed by atoms with Crippen LogP contribution in [0.25, 0.3) is 0 Å². The molecule has 1 aromatic rings. The van der Waals surface area contributed by atoms with Gasteiger partial charge < -0.3 is 14.8 Å². The molecule has 0 amide bonds. The fourth-order valence-electron chi connectivity index (χ4n) is 2.20. The molecule has 4 nitrogen and oxygen atoms in total. The average molecular weight is 328 g/mol. The first-order valence-electron chi connectivity index (χ1n) is 6.34. The number of halogens is 1. The molecule has 1 fully saturated rings. The molecular weight excluding hydrogens is 310 g/mol. The summed E-state index contributed by atoms with van der Waals surface area (Å²) >= 11 is 3.41. The van der Waals surface area contributed by atoms with Crippen molar-refractivity contribution in [2.45, 2.75) is 18.9 Å². The topological polar surface area (TPSA) is 47.6 Å². The Bertz CT molecular complexity index is 444. The second-order valence-corrected chi connectivity index (χ2v) is 5.52. The Balaban J connectivity index is 1.95. The van der Waals surface area contributed by atoms with Crippen molar-refractivity contribution in [1.82, 2.24) is 5.32 Å². The van der Waals surface area contributed by atoms with Gasteiger partial charge in [0.25, 0.3) is 0 Å². The van der Waals surface area contributed by atoms with Crippen LogP contribution in [-0.4, -0.2) is 38.7 Å². The first-order chi connectivity index (χ1) is 9.19. The second kappa shape index (κ2) is 7.03. The molecule has 0 aliphatic carbocycles. The summed E-state index contributed by atoms with van der Waals surface area (Å²) in [4.78, 5) is 12.1. The summed E-state index contributed by atoms with van der Waals surface area (Å²) in [5.41, 5.74) is 0.915. The van der Waals surface area contributed by atoms with Gasteiger partial charge in [-0.2, -0.15) is 0 Å². The van der Waals surface area contributed by atoms with Gasteiger partial charge in [0.1, 0.15) is 11.5 Å². The Morgan fingerprint density at radius 3 is 3.11 bits per heavy atom. The van der Waals surface area contributed by atoms with Crippen molar-refractivity contribution in [1.29, 1.82) is 0 Å². The van der Waals surface area contributed by atoms with Crippen LogP contribution in [0.4, 0.5) is 0 Å². The molecule has 1 aromatic carbocycles. The minimum Gasteiger partial charge on any atom is -0.496 e. The molecule has 1 atom stereocenters. The number of hydrogen-bond acceptors (Lipinski definition) is 4. The van der Waals surface area contributed by atoms with E-state index < -0.39 is 0 Å². The first-order valence-corrected chi connectivity index (χ1v) is 7.13. The van der Waals surface area contributed by atoms with Crippen LogP contribution in [0.5, 0.6) is 5.75 Å². The highest BCUT2D eigenvalue weighted by Gasteiger charge is 2.18. The molecule has 0 bridgehead atoms. The van der Waals surface area contributed by atoms with Gasteiger partial charge in [0, 0.05) is 35.5 Å². The van der Waals surface area contributed by atoms with Crippen molar-refractivity contribution < 1.29 is 14.3 Å². The number of benzene rings is 1. The first kappa shape index (κ1) is 14.5. The number of carbonyl (C=O) groups excluding carboxylic acids is 1. The van der Waals surface area contributed by atoms with E-state index in [1.165, 1.54) is 0 Å². The van der Waals surface area contributed by atoms with E-state index in [9.17, 15) is 4.79 Å². The molecule has 1 heterocycles. The Hall–Kier alpha value is -0.910. The van der Waals surface area contributed by atoms with Gasteiger partial charge in [0.2, 0.25) is 0 Å². The lowest BCUT2D eigenvalue weighted by molar-refractivity contribution is -0.119. The third-order valence-electron chi connectivity index (χ3n) is 3.10. The number of morpholine rings is 1. The van der Waals surface area contributed by atoms with Crippen LogP contribution in [0, 0.1) is 0 Å². The summed E-state index contributed by atoms with van der Waals surface area (Å²) in [6.45, 7) is 2.16. The van der Waals surface area contributed by atoms with E-state index >= 15 is 0 Å². The van der Waals surface area contributed by atoms with Gasteiger partial charge >= 0.3 is 0 Å². The fourth-order valence-corrected chi connectivity index (χ4v) is 2.60. The summed E-state index contributed by atoms with van der Waals surface area (Å²) in [5.74, 6) is 0.948. The lowest BCUT2D eigenvalue weighted by atomic mass is 10.0. The number of ketones is 1. The monoisotopic (exact) mass is 327 g/mol. The molecule has 0 spiro atoms. The van der Waals surface area contributed by atoms with E-state index in [4.69, 9.17) is 9.47 Å². The van der Waals surface area contributed by atoms with Gasteiger partial charge in [-0.25, -0.2) is 0 Å². The van der Waals surface area contributed by atoms with E-state index in [2.05, 4.69) is 21.2 Å². The average Bonchev–Trinajstić information content (AvgIpc) is 2.40. The van der Waals surface area contributed by atoms with Crippen molar-refractivity contribution >= 4 is 21.7 Å². The number of carbonyl (C=O) groups is 1. The quantitative estimate of drug-likeness (QED) is 0.898. The van der Waals surface area contributed by atoms with Crippen molar-refractivity contribution in [3.63, 3.8) is 0 Å². The molecule has 1 unspecified atom stereocenters. The zero-order chi connectivity index (χ0) is 13.7. The Labute approximate surface area is 121 Å². The number of rotatable bonds is 5. The summed E-state index contributed by atoms with van der Waals surface area (Å²) in [7, 11) is 1.62. The third-order valence-corrected chi connectivity index (χ3v) is 3.60. The molecule has 1 aliphatic rings. The molecule has 19 heavy (non-hydrogen) atoms. The highest BCUT2D eigenvalue weighted by Crippen LogP contribution is 2.24. The summed E-state index contributed by atoms with van der Waals surface area (Å²) in [6, 6.07) is 5.85. The predicted molar refractivity (Wildman–Crippen MR) is 76.6 cm³/mol. The standard InChI is InChI=1S/C14H18BrNO3/c1-18-14-3-2-11(15)6-10(14)7-13(17)8-12-9-19-5-4-16-12/h2-3,6,12,16H,4-5,7-9H2,1H3. The Morgan fingerprint density at radius 1 is 1.58 bits per heavy atom. The van der Waals surface area contributed by atoms with Gasteiger partial charge in [0.15, 0.2) is 0 Å². The lowest BCUT2D eigenvalue weighted by Crippen LogP contribution is -2.42. The number of nitrogens with one attached hydrogen (secondary N) is 1. The summed E-state index contributed by atoms with van der Waals surface area (Å²) < 4.78 is 11.6. The molecule has 1 saturated heterocycles. The molecule has 0 radical (unpaired) electrons. The van der Waals surface area contributed by atoms with Gasteiger partial charge in [-0.1, -0.05) is 15.9 Å². The van der Waals surface area contributed by atoms with Crippen molar-refractivity contribution in [2.24, 2.45) is 0 Å². The smallest absolute Gasteiger partial charge is 0.139 e. The van der Waals surface area contributed by atoms with E-state index in [1.54, 1.807) is 7.11 Å². The Kier molecular flexibility index (Phi) is 5.36. The minimum absolute atomic E-state index is 0.138. The molecule has 2 rings (SSSR count). The number of Topliss-reactive ketones (excluding diaryl/α,β-unsaturated/α-hetero) is 1. The maximum absolute atomic E-state index is 12.1. The number of hydrogen-bond donors (Lipinski definition) is 1. The lowest BCUT2D eigenvalue weighted by Gasteiger charge is -2.23. The second-order valence-electron chi connectivity index (χ2n) is 4.60. The maximum Gasteiger partial charge on any atom is 0.139 e. The minimum atomic E-state index is 0.138. The molecule has 1 aliphatic heterocycles. The zero-order valence-electron chi connectivity index (χ0n) is 10.9. The largest absolute Gasteiger partial charge is 0.496 e. The zero-order valence-corrected chi connectivity index (χ0v) is 12.5. The van der Waals surface area contributed by atoms with Crippen LogP contribution in [-0.2, 0) is 16.0 Å². The molecule has 0 aromatic heterocycles. The predicted octanol–water partition coefficient (Wildman–Crippen LogP) is 1.95. The van der Waals surface area contributed by atoms with Gasteiger partial charge in [-0.05, 0) is 18.2 Å². The highest BCUT2D eigenvalue weighted by molar-refractivity contribution is 9.10. The molecule has 1 N–H and O–H groups in total. The van der Waals surface area contributed by atoms with Gasteiger partial charge in [-0.15, -0.1) is 0 Å². The van der Waals surface area contributed by atoms with Crippen LogP contribution in [0.3, 0.4) is 0 Å². The Morgan fingerprint density at radius 2 is 2.42 bits per heavy atom. The van der Waals surface area contributed by atoms with E-state index in [0.29, 0.717) is 19.4 Å². The van der Waals surface area contributed by atoms with Crippen LogP contribution < -0.4 is 10.1 Å². The van der Waals surface area contributed by atoms with Crippen LogP contribution in [0.15, 0.2) is 22.7 Å². The third kappa shape index (κ3) is 4.30. The normalized spacial score (nSPS) is 19.2. The molecule has 0 saturated carbocycles. The molecule has 5 heteroatoms. The fraction of sp³-hybridized carbons (Fsp3) is 0.500. The van der Waals surface area contributed by atoms with Crippen molar-refractivity contribution in [2.75, 3.05) is 26.9 Å². The van der Waals surface area contributed by atoms with E-state index in [0.717, 1.165) is 28.9 Å². The van der Waals surface area contributed by atoms with Gasteiger partial charge in [0.05, 0.1) is 20.3 Å². The highest BCUT2D eigenvalue weighted by atomic mass is 79.9. The van der Waals surface area contributed by atoms with Crippen LogP contribution in [0.2, 0.25) is 0 Å². The molecule has 104 valence electrons. The van der Waals surface area contributed by atoms with E-state index in [1.807, 2.05) is 18.2 Å². The van der Waals surface area contributed by atoms with Crippen LogP contribution in [0.1, 0.15) is 12.0 Å². The van der Waals surface area contributed by atoms with Crippen molar-refractivity contribution in [3.8, 4) is 5.75 Å². The maximum atomic E-state index is 12.1. The van der Waals surface area contributed by atoms with Gasteiger partial charge in [-0.3, -0.25) is 4.79 Å². The number of methoxy groups -OCH3 is 1. The van der Waals surface area contributed by atoms with Crippen molar-refractivity contribution in [3.05, 3.63) is 28.2 Å². The summed E-state index contributed by atoms with van der Waals surface area (Å²) in [6.07, 6.45) is 0.885. The number of ether oxygens (including phenoxy) is 2. The summed E-state index contributed by atoms with van der Waals surface area (Å²) in [5, 5.41) is 3.29. The van der Waals surface area contributed by atoms with Crippen LogP contribution >= 0.6 is 15.9 Å². The molecular formula is C14H18BrNO3. The SMILES string of the molecule is COc1ccc(Br)cc1CC(=O)CC1COCCN1.